The van der Waals surface area contributed by atoms with Crippen LogP contribution in [-0.4, -0.2) is 24.2 Å². The summed E-state index contributed by atoms with van der Waals surface area (Å²) in [5, 5.41) is 18.2. The second kappa shape index (κ2) is 13.1. The first-order valence-corrected chi connectivity index (χ1v) is 12.2. The summed E-state index contributed by atoms with van der Waals surface area (Å²) in [4.78, 5) is 0. The fourth-order valence-electron chi connectivity index (χ4n) is 3.36. The van der Waals surface area contributed by atoms with Crippen molar-refractivity contribution >= 4 is 11.6 Å². The molecule has 2 aliphatic heterocycles. The van der Waals surface area contributed by atoms with E-state index in [1.54, 1.807) is 18.2 Å². The van der Waals surface area contributed by atoms with Crippen LogP contribution < -0.4 is 14.2 Å². The van der Waals surface area contributed by atoms with Crippen LogP contribution in [0.5, 0.6) is 23.0 Å². The van der Waals surface area contributed by atoms with Gasteiger partial charge >= 0.3 is 0 Å². The molecule has 1 N–H and O–H groups in total. The third kappa shape index (κ3) is 7.56. The zero-order chi connectivity index (χ0) is 25.1. The molecule has 0 aliphatic carbocycles. The molecule has 7 heteroatoms. The topological polar surface area (TPSA) is 72.6 Å². The number of phenolic OH excluding ortho intramolecular Hbond substituents is 1. The van der Waals surface area contributed by atoms with Gasteiger partial charge in [-0.3, -0.25) is 0 Å². The van der Waals surface area contributed by atoms with E-state index in [0.29, 0.717) is 29.7 Å². The molecule has 0 amide bonds. The van der Waals surface area contributed by atoms with E-state index >= 15 is 0 Å². The van der Waals surface area contributed by atoms with Crippen LogP contribution in [0.4, 0.5) is 0 Å². The van der Waals surface area contributed by atoms with Gasteiger partial charge in [0.2, 0.25) is 6.79 Å². The highest BCUT2D eigenvalue weighted by Gasteiger charge is 2.39. The molecule has 2 aliphatic rings. The summed E-state index contributed by atoms with van der Waals surface area (Å²) < 4.78 is 16.7. The summed E-state index contributed by atoms with van der Waals surface area (Å²) in [6.45, 7) is 11.0. The van der Waals surface area contributed by atoms with Gasteiger partial charge in [-0.2, -0.15) is 10.2 Å². The third-order valence-electron chi connectivity index (χ3n) is 5.36. The molecule has 2 aromatic carbocycles. The molecule has 0 saturated heterocycles. The molecule has 0 unspecified atom stereocenters. The molecule has 6 nitrogen and oxygen atoms in total. The fraction of sp³-hybridized carbons (Fsp3) is 0.481. The molecule has 4 rings (SSSR count). The number of phenols is 1. The van der Waals surface area contributed by atoms with Crippen LogP contribution in [0.15, 0.2) is 40.6 Å². The Morgan fingerprint density at radius 1 is 1.15 bits per heavy atom. The van der Waals surface area contributed by atoms with Gasteiger partial charge in [0.1, 0.15) is 11.5 Å². The fourth-order valence-corrected chi connectivity index (χ4v) is 3.54. The van der Waals surface area contributed by atoms with Crippen LogP contribution in [0, 0.1) is 12.3 Å². The normalized spacial score (nSPS) is 13.8. The van der Waals surface area contributed by atoms with Gasteiger partial charge in [-0.05, 0) is 47.7 Å². The van der Waals surface area contributed by atoms with Crippen molar-refractivity contribution in [1.29, 1.82) is 0 Å². The van der Waals surface area contributed by atoms with Crippen LogP contribution in [-0.2, 0) is 6.42 Å². The van der Waals surface area contributed by atoms with Crippen LogP contribution in [0.1, 0.15) is 70.9 Å². The molecule has 34 heavy (non-hydrogen) atoms. The number of rotatable bonds is 8. The maximum Gasteiger partial charge on any atom is 0.231 e. The lowest BCUT2D eigenvalue weighted by molar-refractivity contribution is 0.173. The van der Waals surface area contributed by atoms with Gasteiger partial charge in [0.05, 0.1) is 6.61 Å². The molecule has 0 bridgehead atoms. The van der Waals surface area contributed by atoms with Crippen molar-refractivity contribution in [2.45, 2.75) is 71.9 Å². The zero-order valence-corrected chi connectivity index (χ0v) is 21.5. The van der Waals surface area contributed by atoms with Gasteiger partial charge in [0.25, 0.3) is 0 Å². The summed E-state index contributed by atoms with van der Waals surface area (Å²) in [7, 11) is 0. The van der Waals surface area contributed by atoms with E-state index in [0.717, 1.165) is 47.6 Å². The Labute approximate surface area is 208 Å². The summed E-state index contributed by atoms with van der Waals surface area (Å²) in [5.74, 6) is 5.64. The molecule has 0 radical (unpaired) electrons. The number of terminal acetylenes is 1. The number of aryl methyl sites for hydroxylation is 1. The number of halogens is 1. The summed E-state index contributed by atoms with van der Waals surface area (Å²) >= 11 is 5.75. The average Bonchev–Trinajstić information content (AvgIpc) is 3.46. The maximum absolute atomic E-state index is 9.35. The van der Waals surface area contributed by atoms with Crippen molar-refractivity contribution in [2.75, 3.05) is 13.4 Å². The van der Waals surface area contributed by atoms with Gasteiger partial charge < -0.3 is 19.3 Å². The van der Waals surface area contributed by atoms with Gasteiger partial charge in [-0.15, -0.1) is 12.3 Å². The highest BCUT2D eigenvalue weighted by Crippen LogP contribution is 2.40. The van der Waals surface area contributed by atoms with Crippen LogP contribution in [0.2, 0.25) is 5.02 Å². The summed E-state index contributed by atoms with van der Waals surface area (Å²) in [6.07, 6.45) is 8.41. The van der Waals surface area contributed by atoms with Crippen molar-refractivity contribution in [3.8, 4) is 35.3 Å². The number of fused-ring (bicyclic) bond motifs is 1. The maximum atomic E-state index is 9.35. The van der Waals surface area contributed by atoms with E-state index in [1.165, 1.54) is 0 Å². The predicted molar refractivity (Wildman–Crippen MR) is 136 cm³/mol. The van der Waals surface area contributed by atoms with Gasteiger partial charge in [-0.25, -0.2) is 0 Å². The quantitative estimate of drug-likeness (QED) is 0.391. The Hall–Kier alpha value is -2.91. The highest BCUT2D eigenvalue weighted by atomic mass is 35.5. The standard InChI is InChI=1S/C16H18N2O3.C9H11ClO.C2H6/c1-3-5-6-16(17-18-16)7-8-19-13-10-15-14(20-11-21-15)9-12(13)4-2;1-6(2)8-5-7(10)3-4-9(8)11;1-2/h1,9-10H,4-8,11H2,2H3;3-6,11H,1-2H3;1-2H3. The smallest absolute Gasteiger partial charge is 0.231 e. The SMILES string of the molecule is C#CCCC1(CCOc2cc3c(cc2CC)OCO3)N=N1.CC.CC(C)c1cc(Cl)ccc1O. The Bertz CT molecular complexity index is 1010. The van der Waals surface area contributed by atoms with E-state index in [9.17, 15) is 5.11 Å². The molecule has 0 fully saturated rings. The lowest BCUT2D eigenvalue weighted by Crippen LogP contribution is -2.15. The second-order valence-corrected chi connectivity index (χ2v) is 8.45. The summed E-state index contributed by atoms with van der Waals surface area (Å²) in [5.41, 5.74) is 1.72. The van der Waals surface area contributed by atoms with Crippen molar-refractivity contribution in [3.63, 3.8) is 0 Å². The molecule has 0 saturated carbocycles. The predicted octanol–water partition coefficient (Wildman–Crippen LogP) is 7.52. The molecule has 0 spiro atoms. The highest BCUT2D eigenvalue weighted by molar-refractivity contribution is 6.30. The van der Waals surface area contributed by atoms with E-state index in [4.69, 9.17) is 32.2 Å². The first-order valence-electron chi connectivity index (χ1n) is 11.8. The number of nitrogens with zero attached hydrogens (tertiary/aromatic N) is 2. The Kier molecular flexibility index (Phi) is 10.5. The Balaban J connectivity index is 0.000000266. The molecule has 2 heterocycles. The zero-order valence-electron chi connectivity index (χ0n) is 20.7. The van der Waals surface area contributed by atoms with Crippen LogP contribution >= 0.6 is 11.6 Å². The lowest BCUT2D eigenvalue weighted by Gasteiger charge is -2.13. The number of benzene rings is 2. The largest absolute Gasteiger partial charge is 0.508 e. The van der Waals surface area contributed by atoms with Crippen LogP contribution in [0.3, 0.4) is 0 Å². The molecule has 2 aromatic rings. The van der Waals surface area contributed by atoms with Crippen molar-refractivity contribution in [3.05, 3.63) is 46.5 Å². The Morgan fingerprint density at radius 2 is 1.82 bits per heavy atom. The van der Waals surface area contributed by atoms with Gasteiger partial charge in [0, 0.05) is 30.4 Å². The van der Waals surface area contributed by atoms with E-state index < -0.39 is 0 Å². The van der Waals surface area contributed by atoms with E-state index in [1.807, 2.05) is 39.8 Å². The minimum Gasteiger partial charge on any atom is -0.508 e. The average molecular weight is 487 g/mol. The number of ether oxygens (including phenoxy) is 3. The van der Waals surface area contributed by atoms with Gasteiger partial charge in [-0.1, -0.05) is 46.2 Å². The number of aromatic hydroxyl groups is 1. The molecule has 184 valence electrons. The van der Waals surface area contributed by atoms with E-state index in [-0.39, 0.29) is 12.5 Å². The molecular formula is C27H35ClN2O4. The van der Waals surface area contributed by atoms with Gasteiger partial charge in [0.15, 0.2) is 17.2 Å². The number of hydrogen-bond acceptors (Lipinski definition) is 6. The first kappa shape index (κ1) is 27.3. The van der Waals surface area contributed by atoms with Crippen molar-refractivity contribution < 1.29 is 19.3 Å². The Morgan fingerprint density at radius 3 is 2.38 bits per heavy atom. The monoisotopic (exact) mass is 486 g/mol. The third-order valence-corrected chi connectivity index (χ3v) is 5.60. The molecule has 0 atom stereocenters. The molecule has 0 aromatic heterocycles. The second-order valence-electron chi connectivity index (χ2n) is 8.01. The van der Waals surface area contributed by atoms with Crippen molar-refractivity contribution in [2.24, 2.45) is 10.2 Å². The van der Waals surface area contributed by atoms with E-state index in [2.05, 4.69) is 23.1 Å². The minimum absolute atomic E-state index is 0.273. The summed E-state index contributed by atoms with van der Waals surface area (Å²) in [6, 6.07) is 8.98. The number of hydrogen-bond donors (Lipinski definition) is 1. The molecular weight excluding hydrogens is 452 g/mol. The lowest BCUT2D eigenvalue weighted by atomic mass is 10.0. The van der Waals surface area contributed by atoms with Crippen molar-refractivity contribution in [1.82, 2.24) is 0 Å². The minimum atomic E-state index is -0.297. The van der Waals surface area contributed by atoms with Crippen LogP contribution in [0.25, 0.3) is 0 Å². The first-order chi connectivity index (χ1) is 16.4.